The van der Waals surface area contributed by atoms with Crippen molar-refractivity contribution < 1.29 is 10.2 Å². The van der Waals surface area contributed by atoms with Crippen molar-refractivity contribution in [2.75, 3.05) is 0 Å². The van der Waals surface area contributed by atoms with Gasteiger partial charge in [-0.25, -0.2) is 0 Å². The zero-order chi connectivity index (χ0) is 7.56. The van der Waals surface area contributed by atoms with Crippen LogP contribution < -0.4 is 0 Å². The SMILES string of the molecule is C[C@@H](O)[C@@H]1CCCC[C@@H]1O. The molecule has 0 saturated heterocycles. The topological polar surface area (TPSA) is 40.5 Å². The second-order valence-electron chi connectivity index (χ2n) is 3.26. The number of rotatable bonds is 1. The van der Waals surface area contributed by atoms with Gasteiger partial charge in [-0.3, -0.25) is 0 Å². The summed E-state index contributed by atoms with van der Waals surface area (Å²) in [6, 6.07) is 0. The molecule has 1 saturated carbocycles. The Balaban J connectivity index is 2.40. The second kappa shape index (κ2) is 3.35. The molecule has 0 bridgehead atoms. The molecular weight excluding hydrogens is 128 g/mol. The first-order valence-electron chi connectivity index (χ1n) is 4.08. The van der Waals surface area contributed by atoms with Gasteiger partial charge in [-0.05, 0) is 19.8 Å². The Labute approximate surface area is 61.9 Å². The van der Waals surface area contributed by atoms with Gasteiger partial charge in [0.05, 0.1) is 12.2 Å². The van der Waals surface area contributed by atoms with E-state index in [0.717, 1.165) is 25.7 Å². The highest BCUT2D eigenvalue weighted by atomic mass is 16.3. The van der Waals surface area contributed by atoms with E-state index in [1.54, 1.807) is 6.92 Å². The first-order valence-corrected chi connectivity index (χ1v) is 4.08. The van der Waals surface area contributed by atoms with Gasteiger partial charge in [0.2, 0.25) is 0 Å². The Kier molecular flexibility index (Phi) is 2.69. The molecule has 0 aromatic carbocycles. The lowest BCUT2D eigenvalue weighted by Gasteiger charge is -2.29. The average molecular weight is 144 g/mol. The van der Waals surface area contributed by atoms with Crippen LogP contribution in [-0.2, 0) is 0 Å². The normalized spacial score (nSPS) is 37.5. The summed E-state index contributed by atoms with van der Waals surface area (Å²) in [5, 5.41) is 18.6. The highest BCUT2D eigenvalue weighted by molar-refractivity contribution is 4.77. The maximum absolute atomic E-state index is 9.38. The van der Waals surface area contributed by atoms with Gasteiger partial charge in [0.1, 0.15) is 0 Å². The van der Waals surface area contributed by atoms with Crippen LogP contribution in [0.5, 0.6) is 0 Å². The number of hydrogen-bond donors (Lipinski definition) is 2. The van der Waals surface area contributed by atoms with Gasteiger partial charge < -0.3 is 10.2 Å². The summed E-state index contributed by atoms with van der Waals surface area (Å²) in [6.07, 6.45) is 3.54. The predicted octanol–water partition coefficient (Wildman–Crippen LogP) is 0.918. The van der Waals surface area contributed by atoms with Crippen molar-refractivity contribution in [3.8, 4) is 0 Å². The summed E-state index contributed by atoms with van der Waals surface area (Å²) in [4.78, 5) is 0. The van der Waals surface area contributed by atoms with Gasteiger partial charge in [0.15, 0.2) is 0 Å². The third-order valence-electron chi connectivity index (χ3n) is 2.40. The molecule has 60 valence electrons. The monoisotopic (exact) mass is 144 g/mol. The molecule has 2 nitrogen and oxygen atoms in total. The quantitative estimate of drug-likeness (QED) is 0.574. The van der Waals surface area contributed by atoms with Gasteiger partial charge in [-0.15, -0.1) is 0 Å². The van der Waals surface area contributed by atoms with Crippen molar-refractivity contribution in [3.05, 3.63) is 0 Å². The third kappa shape index (κ3) is 1.70. The Bertz CT molecular complexity index is 101. The summed E-state index contributed by atoms with van der Waals surface area (Å²) < 4.78 is 0. The van der Waals surface area contributed by atoms with Crippen LogP contribution >= 0.6 is 0 Å². The Hall–Kier alpha value is -0.0800. The molecule has 0 unspecified atom stereocenters. The van der Waals surface area contributed by atoms with Gasteiger partial charge in [0, 0.05) is 5.92 Å². The lowest BCUT2D eigenvalue weighted by molar-refractivity contribution is -0.00384. The number of hydrogen-bond acceptors (Lipinski definition) is 2. The fourth-order valence-corrected chi connectivity index (χ4v) is 1.70. The van der Waals surface area contributed by atoms with E-state index >= 15 is 0 Å². The summed E-state index contributed by atoms with van der Waals surface area (Å²) in [5.74, 6) is 0.133. The third-order valence-corrected chi connectivity index (χ3v) is 2.40. The molecule has 3 atom stereocenters. The molecule has 2 heteroatoms. The van der Waals surface area contributed by atoms with E-state index in [2.05, 4.69) is 0 Å². The van der Waals surface area contributed by atoms with Crippen molar-refractivity contribution in [3.63, 3.8) is 0 Å². The van der Waals surface area contributed by atoms with Crippen molar-refractivity contribution in [2.45, 2.75) is 44.8 Å². The molecule has 1 rings (SSSR count). The zero-order valence-corrected chi connectivity index (χ0v) is 6.45. The Morgan fingerprint density at radius 2 is 1.90 bits per heavy atom. The van der Waals surface area contributed by atoms with Crippen LogP contribution in [0.1, 0.15) is 32.6 Å². The highest BCUT2D eigenvalue weighted by Gasteiger charge is 2.26. The Morgan fingerprint density at radius 3 is 2.30 bits per heavy atom. The van der Waals surface area contributed by atoms with E-state index in [0.29, 0.717) is 0 Å². The molecule has 0 radical (unpaired) electrons. The van der Waals surface area contributed by atoms with Crippen LogP contribution in [0.15, 0.2) is 0 Å². The smallest absolute Gasteiger partial charge is 0.0593 e. The highest BCUT2D eigenvalue weighted by Crippen LogP contribution is 2.26. The predicted molar refractivity (Wildman–Crippen MR) is 39.6 cm³/mol. The van der Waals surface area contributed by atoms with Crippen LogP contribution in [0.25, 0.3) is 0 Å². The van der Waals surface area contributed by atoms with Gasteiger partial charge in [-0.2, -0.15) is 0 Å². The van der Waals surface area contributed by atoms with Crippen molar-refractivity contribution in [1.29, 1.82) is 0 Å². The summed E-state index contributed by atoms with van der Waals surface area (Å²) in [7, 11) is 0. The maximum atomic E-state index is 9.38. The molecule has 1 aliphatic carbocycles. The number of aliphatic hydroxyl groups excluding tert-OH is 2. The molecule has 10 heavy (non-hydrogen) atoms. The fraction of sp³-hybridized carbons (Fsp3) is 1.00. The van der Waals surface area contributed by atoms with E-state index in [4.69, 9.17) is 0 Å². The summed E-state index contributed by atoms with van der Waals surface area (Å²) in [6.45, 7) is 1.76. The molecule has 0 aromatic heterocycles. The van der Waals surface area contributed by atoms with Crippen LogP contribution in [-0.4, -0.2) is 22.4 Å². The van der Waals surface area contributed by atoms with Crippen LogP contribution in [0.2, 0.25) is 0 Å². The molecular formula is C8H16O2. The zero-order valence-electron chi connectivity index (χ0n) is 6.45. The lowest BCUT2D eigenvalue weighted by atomic mass is 9.83. The van der Waals surface area contributed by atoms with Crippen molar-refractivity contribution in [2.24, 2.45) is 5.92 Å². The largest absolute Gasteiger partial charge is 0.393 e. The van der Waals surface area contributed by atoms with E-state index in [1.807, 2.05) is 0 Å². The molecule has 0 amide bonds. The van der Waals surface area contributed by atoms with E-state index in [9.17, 15) is 10.2 Å². The van der Waals surface area contributed by atoms with Gasteiger partial charge in [-0.1, -0.05) is 12.8 Å². The van der Waals surface area contributed by atoms with E-state index in [1.165, 1.54) is 0 Å². The first kappa shape index (κ1) is 8.02. The molecule has 1 aliphatic rings. The molecule has 0 spiro atoms. The Morgan fingerprint density at radius 1 is 1.30 bits per heavy atom. The van der Waals surface area contributed by atoms with Crippen LogP contribution in [0.4, 0.5) is 0 Å². The van der Waals surface area contributed by atoms with Gasteiger partial charge >= 0.3 is 0 Å². The molecule has 0 aromatic rings. The first-order chi connectivity index (χ1) is 4.72. The van der Waals surface area contributed by atoms with Crippen LogP contribution in [0.3, 0.4) is 0 Å². The minimum absolute atomic E-state index is 0.133. The maximum Gasteiger partial charge on any atom is 0.0593 e. The minimum Gasteiger partial charge on any atom is -0.393 e. The molecule has 1 fully saturated rings. The minimum atomic E-state index is -0.338. The van der Waals surface area contributed by atoms with E-state index in [-0.39, 0.29) is 18.1 Å². The van der Waals surface area contributed by atoms with Crippen LogP contribution in [0, 0.1) is 5.92 Å². The average Bonchev–Trinajstić information content (AvgIpc) is 1.88. The second-order valence-corrected chi connectivity index (χ2v) is 3.26. The van der Waals surface area contributed by atoms with Crippen molar-refractivity contribution >= 4 is 0 Å². The van der Waals surface area contributed by atoms with Crippen molar-refractivity contribution in [1.82, 2.24) is 0 Å². The fourth-order valence-electron chi connectivity index (χ4n) is 1.70. The molecule has 2 N–H and O–H groups in total. The lowest BCUT2D eigenvalue weighted by Crippen LogP contribution is -2.32. The van der Waals surface area contributed by atoms with Gasteiger partial charge in [0.25, 0.3) is 0 Å². The summed E-state index contributed by atoms with van der Waals surface area (Å²) >= 11 is 0. The molecule has 0 aliphatic heterocycles. The van der Waals surface area contributed by atoms with E-state index < -0.39 is 0 Å². The number of aliphatic hydroxyl groups is 2. The molecule has 0 heterocycles. The standard InChI is InChI=1S/C8H16O2/c1-6(9)7-4-2-3-5-8(7)10/h6-10H,2-5H2,1H3/t6-,7+,8+/m1/s1. The summed E-state index contributed by atoms with van der Waals surface area (Å²) in [5.41, 5.74) is 0.